The Morgan fingerprint density at radius 3 is 2.57 bits per heavy atom. The molecule has 0 aliphatic carbocycles. The molecule has 1 aliphatic heterocycles. The van der Waals surface area contributed by atoms with Crippen molar-refractivity contribution in [2.45, 2.75) is 19.8 Å². The van der Waals surface area contributed by atoms with Crippen LogP contribution in [0, 0.1) is 0 Å². The highest BCUT2D eigenvalue weighted by Crippen LogP contribution is 2.29. The molecule has 5 rings (SSSR count). The Bertz CT molecular complexity index is 1290. The van der Waals surface area contributed by atoms with Crippen LogP contribution in [0.25, 0.3) is 22.2 Å². The van der Waals surface area contributed by atoms with Gasteiger partial charge in [0.2, 0.25) is 0 Å². The molecule has 0 N–H and O–H groups in total. The first kappa shape index (κ1) is 23.6. The third-order valence-corrected chi connectivity index (χ3v) is 6.98. The third-order valence-electron chi connectivity index (χ3n) is 6.03. The van der Waals surface area contributed by atoms with Gasteiger partial charge in [0.15, 0.2) is 0 Å². The maximum atomic E-state index is 12.9. The number of benzene rings is 2. The standard InChI is InChI=1S/C26H26F2N4O2S/c1-33-17-25-30-21-8-6-18(19-7-9-24(29-15-19)31-10-12-35-13-11-31)14-22(21)32(25)16-20-4-2-3-5-23(20)34-26(27)28/h2-9,14-15,26H,10-13,16-17H2,1H3. The Morgan fingerprint density at radius 2 is 1.83 bits per heavy atom. The fraction of sp³-hybridized carbons (Fsp3) is 0.308. The minimum Gasteiger partial charge on any atom is -0.434 e. The highest BCUT2D eigenvalue weighted by molar-refractivity contribution is 7.99. The second-order valence-electron chi connectivity index (χ2n) is 8.24. The Labute approximate surface area is 206 Å². The molecule has 1 aliphatic rings. The van der Waals surface area contributed by atoms with Crippen molar-refractivity contribution in [3.8, 4) is 16.9 Å². The zero-order valence-corrected chi connectivity index (χ0v) is 20.2. The van der Waals surface area contributed by atoms with Crippen molar-refractivity contribution < 1.29 is 18.3 Å². The van der Waals surface area contributed by atoms with Gasteiger partial charge in [0, 0.05) is 49.0 Å². The number of pyridine rings is 1. The highest BCUT2D eigenvalue weighted by Gasteiger charge is 2.17. The number of hydrogen-bond donors (Lipinski definition) is 0. The molecule has 0 amide bonds. The van der Waals surface area contributed by atoms with Crippen molar-refractivity contribution in [3.63, 3.8) is 0 Å². The van der Waals surface area contributed by atoms with E-state index in [1.165, 1.54) is 0 Å². The number of nitrogens with zero attached hydrogens (tertiary/aromatic N) is 4. The van der Waals surface area contributed by atoms with E-state index < -0.39 is 6.61 Å². The zero-order chi connectivity index (χ0) is 24.2. The Balaban J connectivity index is 1.49. The molecule has 0 unspecified atom stereocenters. The van der Waals surface area contributed by atoms with E-state index >= 15 is 0 Å². The first-order valence-electron chi connectivity index (χ1n) is 11.4. The summed E-state index contributed by atoms with van der Waals surface area (Å²) in [5.41, 5.74) is 4.35. The lowest BCUT2D eigenvalue weighted by atomic mass is 10.1. The molecule has 2 aromatic carbocycles. The van der Waals surface area contributed by atoms with Crippen molar-refractivity contribution in [1.82, 2.24) is 14.5 Å². The van der Waals surface area contributed by atoms with E-state index in [4.69, 9.17) is 19.4 Å². The lowest BCUT2D eigenvalue weighted by Crippen LogP contribution is -2.32. The minimum atomic E-state index is -2.89. The summed E-state index contributed by atoms with van der Waals surface area (Å²) in [7, 11) is 1.61. The van der Waals surface area contributed by atoms with E-state index in [-0.39, 0.29) is 5.75 Å². The van der Waals surface area contributed by atoms with Crippen LogP contribution >= 0.6 is 11.8 Å². The molecule has 2 aromatic heterocycles. The van der Waals surface area contributed by atoms with Crippen LogP contribution in [-0.2, 0) is 17.9 Å². The first-order chi connectivity index (χ1) is 17.1. The first-order valence-corrected chi connectivity index (χ1v) is 12.6. The van der Waals surface area contributed by atoms with Crippen molar-refractivity contribution in [3.05, 3.63) is 72.2 Å². The number of anilines is 1. The van der Waals surface area contributed by atoms with E-state index in [0.717, 1.165) is 52.6 Å². The number of fused-ring (bicyclic) bond motifs is 1. The van der Waals surface area contributed by atoms with Gasteiger partial charge in [0.1, 0.15) is 24.0 Å². The maximum absolute atomic E-state index is 12.9. The summed E-state index contributed by atoms with van der Waals surface area (Å²) in [6, 6.07) is 17.0. The highest BCUT2D eigenvalue weighted by atomic mass is 32.2. The van der Waals surface area contributed by atoms with Crippen molar-refractivity contribution in [2.75, 3.05) is 36.6 Å². The summed E-state index contributed by atoms with van der Waals surface area (Å²) in [5.74, 6) is 4.11. The lowest BCUT2D eigenvalue weighted by Gasteiger charge is -2.27. The average molecular weight is 497 g/mol. The summed E-state index contributed by atoms with van der Waals surface area (Å²) in [6.07, 6.45) is 1.90. The van der Waals surface area contributed by atoms with E-state index in [2.05, 4.69) is 23.1 Å². The van der Waals surface area contributed by atoms with Crippen LogP contribution in [0.15, 0.2) is 60.8 Å². The molecule has 9 heteroatoms. The summed E-state index contributed by atoms with van der Waals surface area (Å²) >= 11 is 1.97. The second kappa shape index (κ2) is 10.6. The van der Waals surface area contributed by atoms with Gasteiger partial charge >= 0.3 is 6.61 Å². The average Bonchev–Trinajstić information content (AvgIpc) is 3.22. The molecule has 6 nitrogen and oxygen atoms in total. The predicted molar refractivity (Wildman–Crippen MR) is 135 cm³/mol. The van der Waals surface area contributed by atoms with Crippen LogP contribution in [0.2, 0.25) is 0 Å². The predicted octanol–water partition coefficient (Wildman–Crippen LogP) is 5.45. The fourth-order valence-corrected chi connectivity index (χ4v) is 5.22. The molecule has 3 heterocycles. The number of alkyl halides is 2. The summed E-state index contributed by atoms with van der Waals surface area (Å²) in [4.78, 5) is 11.7. The van der Waals surface area contributed by atoms with Gasteiger partial charge in [0.05, 0.1) is 17.6 Å². The van der Waals surface area contributed by atoms with Gasteiger partial charge in [-0.25, -0.2) is 9.97 Å². The second-order valence-corrected chi connectivity index (χ2v) is 9.47. The van der Waals surface area contributed by atoms with Crippen LogP contribution in [0.3, 0.4) is 0 Å². The van der Waals surface area contributed by atoms with Crippen LogP contribution < -0.4 is 9.64 Å². The van der Waals surface area contributed by atoms with Crippen LogP contribution in [0.1, 0.15) is 11.4 Å². The van der Waals surface area contributed by atoms with E-state index in [0.29, 0.717) is 24.5 Å². The molecule has 1 saturated heterocycles. The maximum Gasteiger partial charge on any atom is 0.387 e. The van der Waals surface area contributed by atoms with Gasteiger partial charge in [-0.1, -0.05) is 24.3 Å². The molecule has 0 saturated carbocycles. The lowest BCUT2D eigenvalue weighted by molar-refractivity contribution is -0.0504. The van der Waals surface area contributed by atoms with Gasteiger partial charge in [-0.05, 0) is 35.9 Å². The molecule has 0 radical (unpaired) electrons. The molecular formula is C26H26F2N4O2S. The number of rotatable bonds is 8. The molecule has 1 fully saturated rings. The minimum absolute atomic E-state index is 0.153. The number of ether oxygens (including phenoxy) is 2. The van der Waals surface area contributed by atoms with Crippen LogP contribution in [0.4, 0.5) is 14.6 Å². The number of aromatic nitrogens is 3. The van der Waals surface area contributed by atoms with Crippen molar-refractivity contribution >= 4 is 28.6 Å². The molecule has 0 atom stereocenters. The largest absolute Gasteiger partial charge is 0.434 e. The van der Waals surface area contributed by atoms with E-state index in [1.54, 1.807) is 25.3 Å². The number of hydrogen-bond acceptors (Lipinski definition) is 6. The number of halogens is 2. The van der Waals surface area contributed by atoms with Crippen molar-refractivity contribution in [2.24, 2.45) is 0 Å². The van der Waals surface area contributed by atoms with Gasteiger partial charge < -0.3 is 18.9 Å². The Hall–Kier alpha value is -3.17. The van der Waals surface area contributed by atoms with Crippen molar-refractivity contribution in [1.29, 1.82) is 0 Å². The molecule has 4 aromatic rings. The molecule has 35 heavy (non-hydrogen) atoms. The molecule has 0 spiro atoms. The summed E-state index contributed by atoms with van der Waals surface area (Å²) < 4.78 is 38.0. The number of para-hydroxylation sites is 1. The monoisotopic (exact) mass is 496 g/mol. The molecular weight excluding hydrogens is 470 g/mol. The molecule has 0 bridgehead atoms. The van der Waals surface area contributed by atoms with Gasteiger partial charge in [-0.2, -0.15) is 20.5 Å². The zero-order valence-electron chi connectivity index (χ0n) is 19.4. The number of thioether (sulfide) groups is 1. The van der Waals surface area contributed by atoms with E-state index in [9.17, 15) is 8.78 Å². The normalized spacial score (nSPS) is 14.1. The van der Waals surface area contributed by atoms with Crippen LogP contribution in [-0.4, -0.2) is 52.9 Å². The van der Waals surface area contributed by atoms with Crippen LogP contribution in [0.5, 0.6) is 5.75 Å². The molecule has 182 valence electrons. The van der Waals surface area contributed by atoms with Gasteiger partial charge in [0.25, 0.3) is 0 Å². The van der Waals surface area contributed by atoms with Gasteiger partial charge in [-0.15, -0.1) is 0 Å². The SMILES string of the molecule is COCc1nc2ccc(-c3ccc(N4CCSCC4)nc3)cc2n1Cc1ccccc1OC(F)F. The number of methoxy groups -OCH3 is 1. The fourth-order valence-electron chi connectivity index (χ4n) is 4.32. The third kappa shape index (κ3) is 5.26. The Kier molecular flexibility index (Phi) is 7.15. The van der Waals surface area contributed by atoms with E-state index in [1.807, 2.05) is 40.7 Å². The topological polar surface area (TPSA) is 52.4 Å². The quantitative estimate of drug-likeness (QED) is 0.324. The smallest absolute Gasteiger partial charge is 0.387 e. The Morgan fingerprint density at radius 1 is 1.03 bits per heavy atom. The summed E-state index contributed by atoms with van der Waals surface area (Å²) in [5, 5.41) is 0. The van der Waals surface area contributed by atoms with Gasteiger partial charge in [-0.3, -0.25) is 0 Å². The summed E-state index contributed by atoms with van der Waals surface area (Å²) in [6.45, 7) is -0.236. The number of imidazole rings is 1.